The first-order valence-electron chi connectivity index (χ1n) is 8.62. The fourth-order valence-corrected chi connectivity index (χ4v) is 2.42. The topological polar surface area (TPSA) is 162 Å². The highest BCUT2D eigenvalue weighted by atomic mass is 16.4. The Hall–Kier alpha value is -2.65. The summed E-state index contributed by atoms with van der Waals surface area (Å²) in [6, 6.07) is 2.89. The third-order valence-electron chi connectivity index (χ3n) is 3.87. The molecule has 3 atom stereocenters. The molecule has 0 saturated carbocycles. The molecular weight excluding hydrogens is 354 g/mol. The summed E-state index contributed by atoms with van der Waals surface area (Å²) in [5.41, 5.74) is 6.64. The van der Waals surface area contributed by atoms with Crippen molar-refractivity contribution in [1.82, 2.24) is 10.6 Å². The lowest BCUT2D eigenvalue weighted by atomic mass is 10.0. The zero-order chi connectivity index (χ0) is 20.6. The van der Waals surface area contributed by atoms with Crippen molar-refractivity contribution in [3.05, 3.63) is 29.8 Å². The van der Waals surface area contributed by atoms with E-state index >= 15 is 0 Å². The van der Waals surface area contributed by atoms with Gasteiger partial charge in [0.15, 0.2) is 0 Å². The van der Waals surface area contributed by atoms with Gasteiger partial charge in [-0.3, -0.25) is 9.59 Å². The summed E-state index contributed by atoms with van der Waals surface area (Å²) in [7, 11) is 0. The Morgan fingerprint density at radius 3 is 2.07 bits per heavy atom. The van der Waals surface area contributed by atoms with E-state index in [0.29, 0.717) is 0 Å². The van der Waals surface area contributed by atoms with E-state index in [1.807, 2.05) is 13.8 Å². The second kappa shape index (κ2) is 10.5. The number of carbonyl (C=O) groups is 3. The molecule has 150 valence electrons. The molecule has 0 fully saturated rings. The number of benzene rings is 1. The van der Waals surface area contributed by atoms with Crippen LogP contribution in [0.1, 0.15) is 25.8 Å². The van der Waals surface area contributed by atoms with Gasteiger partial charge >= 0.3 is 5.97 Å². The van der Waals surface area contributed by atoms with Gasteiger partial charge in [0.05, 0.1) is 12.6 Å². The molecule has 0 radical (unpaired) electrons. The van der Waals surface area contributed by atoms with Crippen LogP contribution in [-0.4, -0.2) is 57.8 Å². The van der Waals surface area contributed by atoms with Crippen molar-refractivity contribution >= 4 is 17.8 Å². The maximum absolute atomic E-state index is 12.4. The summed E-state index contributed by atoms with van der Waals surface area (Å²) in [6.07, 6.45) is 0.484. The Kier molecular flexibility index (Phi) is 8.70. The van der Waals surface area contributed by atoms with Crippen LogP contribution < -0.4 is 16.4 Å². The van der Waals surface area contributed by atoms with Crippen LogP contribution in [0.15, 0.2) is 24.3 Å². The van der Waals surface area contributed by atoms with Crippen LogP contribution in [0.3, 0.4) is 0 Å². The third kappa shape index (κ3) is 7.63. The molecule has 0 bridgehead atoms. The number of nitrogens with one attached hydrogen (secondary N) is 2. The number of aliphatic hydroxyl groups is 1. The average Bonchev–Trinajstić information content (AvgIpc) is 2.59. The minimum absolute atomic E-state index is 0.0479. The van der Waals surface area contributed by atoms with E-state index in [2.05, 4.69) is 10.6 Å². The smallest absolute Gasteiger partial charge is 0.328 e. The molecule has 1 aromatic rings. The minimum Gasteiger partial charge on any atom is -0.508 e. The summed E-state index contributed by atoms with van der Waals surface area (Å²) in [4.78, 5) is 35.7. The molecule has 9 heteroatoms. The van der Waals surface area contributed by atoms with Crippen LogP contribution in [0.2, 0.25) is 0 Å². The number of rotatable bonds is 10. The summed E-state index contributed by atoms with van der Waals surface area (Å²) in [6.45, 7) is 2.94. The number of hydrogen-bond acceptors (Lipinski definition) is 6. The van der Waals surface area contributed by atoms with Gasteiger partial charge < -0.3 is 31.7 Å². The first-order valence-corrected chi connectivity index (χ1v) is 8.62. The number of aromatic hydroxyl groups is 1. The number of carbonyl (C=O) groups excluding carboxylic acids is 2. The Bertz CT molecular complexity index is 647. The van der Waals surface area contributed by atoms with Crippen molar-refractivity contribution in [3.63, 3.8) is 0 Å². The van der Waals surface area contributed by atoms with E-state index in [0.717, 1.165) is 5.56 Å². The maximum atomic E-state index is 12.4. The van der Waals surface area contributed by atoms with E-state index in [4.69, 9.17) is 15.9 Å². The normalized spacial score (nSPS) is 14.3. The molecule has 0 aliphatic rings. The van der Waals surface area contributed by atoms with E-state index in [-0.39, 0.29) is 24.5 Å². The molecule has 0 spiro atoms. The first kappa shape index (κ1) is 22.4. The monoisotopic (exact) mass is 381 g/mol. The molecule has 0 saturated heterocycles. The Balaban J connectivity index is 2.76. The molecule has 1 aromatic carbocycles. The van der Waals surface area contributed by atoms with Crippen molar-refractivity contribution in [2.24, 2.45) is 11.7 Å². The first-order chi connectivity index (χ1) is 12.6. The van der Waals surface area contributed by atoms with Crippen LogP contribution >= 0.6 is 0 Å². The molecule has 0 aromatic heterocycles. The lowest BCUT2D eigenvalue weighted by molar-refractivity contribution is -0.143. The molecule has 0 aliphatic heterocycles. The van der Waals surface area contributed by atoms with Crippen molar-refractivity contribution < 1.29 is 29.7 Å². The van der Waals surface area contributed by atoms with Gasteiger partial charge in [0.1, 0.15) is 17.8 Å². The molecule has 0 heterocycles. The molecule has 0 aliphatic carbocycles. The zero-order valence-electron chi connectivity index (χ0n) is 15.4. The number of aliphatic carboxylic acids is 1. The van der Waals surface area contributed by atoms with Crippen molar-refractivity contribution in [2.75, 3.05) is 6.61 Å². The predicted molar refractivity (Wildman–Crippen MR) is 97.8 cm³/mol. The van der Waals surface area contributed by atoms with Crippen LogP contribution in [-0.2, 0) is 20.8 Å². The number of amides is 2. The highest BCUT2D eigenvalue weighted by molar-refractivity contribution is 5.91. The molecule has 27 heavy (non-hydrogen) atoms. The van der Waals surface area contributed by atoms with E-state index < -0.39 is 42.5 Å². The predicted octanol–water partition coefficient (Wildman–Crippen LogP) is -0.645. The fraction of sp³-hybridized carbons (Fsp3) is 0.500. The lowest BCUT2D eigenvalue weighted by Gasteiger charge is -2.23. The highest BCUT2D eigenvalue weighted by Crippen LogP contribution is 2.11. The number of phenolic OH excluding ortho intramolecular Hbond substituents is 1. The Morgan fingerprint density at radius 2 is 1.59 bits per heavy atom. The number of nitrogens with two attached hydrogens (primary N) is 1. The van der Waals surface area contributed by atoms with Crippen molar-refractivity contribution in [2.45, 2.75) is 44.8 Å². The van der Waals surface area contributed by atoms with Crippen LogP contribution in [0.25, 0.3) is 0 Å². The summed E-state index contributed by atoms with van der Waals surface area (Å²) < 4.78 is 0. The van der Waals surface area contributed by atoms with Crippen LogP contribution in [0, 0.1) is 5.92 Å². The van der Waals surface area contributed by atoms with Gasteiger partial charge in [0.2, 0.25) is 11.8 Å². The van der Waals surface area contributed by atoms with Gasteiger partial charge in [-0.2, -0.15) is 0 Å². The number of phenols is 1. The van der Waals surface area contributed by atoms with Gasteiger partial charge in [-0.1, -0.05) is 26.0 Å². The molecule has 1 rings (SSSR count). The largest absolute Gasteiger partial charge is 0.508 e. The fourth-order valence-electron chi connectivity index (χ4n) is 2.42. The molecular formula is C18H27N3O6. The van der Waals surface area contributed by atoms with Crippen molar-refractivity contribution in [1.29, 1.82) is 0 Å². The minimum atomic E-state index is -1.45. The van der Waals surface area contributed by atoms with Crippen molar-refractivity contribution in [3.8, 4) is 5.75 Å². The lowest BCUT2D eigenvalue weighted by Crippen LogP contribution is -2.55. The second-order valence-electron chi connectivity index (χ2n) is 6.75. The molecule has 7 N–H and O–H groups in total. The average molecular weight is 381 g/mol. The summed E-state index contributed by atoms with van der Waals surface area (Å²) in [5, 5.41) is 32.0. The molecule has 0 unspecified atom stereocenters. The number of carboxylic acid groups (broad SMARTS) is 1. The van der Waals surface area contributed by atoms with Gasteiger partial charge in [0, 0.05) is 0 Å². The van der Waals surface area contributed by atoms with E-state index in [9.17, 15) is 19.5 Å². The standard InChI is InChI=1S/C18H27N3O6/c1-10(2)7-14(17(25)21-15(9-22)18(26)27)20-16(24)13(19)8-11-3-5-12(23)6-4-11/h3-6,10,13-15,22-23H,7-9,19H2,1-2H3,(H,20,24)(H,21,25)(H,26,27)/t13-,14-,15-/m0/s1. The zero-order valence-corrected chi connectivity index (χ0v) is 15.4. The maximum Gasteiger partial charge on any atom is 0.328 e. The second-order valence-corrected chi connectivity index (χ2v) is 6.75. The number of hydrogen-bond donors (Lipinski definition) is 6. The molecule has 2 amide bonds. The van der Waals surface area contributed by atoms with E-state index in [1.54, 1.807) is 12.1 Å². The SMILES string of the molecule is CC(C)C[C@H](NC(=O)[C@@H](N)Cc1ccc(O)cc1)C(=O)N[C@@H](CO)C(=O)O. The third-order valence-corrected chi connectivity index (χ3v) is 3.87. The number of aliphatic hydroxyl groups excluding tert-OH is 1. The highest BCUT2D eigenvalue weighted by Gasteiger charge is 2.28. The van der Waals surface area contributed by atoms with Crippen LogP contribution in [0.5, 0.6) is 5.75 Å². The van der Waals surface area contributed by atoms with Crippen LogP contribution in [0.4, 0.5) is 0 Å². The van der Waals surface area contributed by atoms with Gasteiger partial charge in [-0.05, 0) is 36.5 Å². The van der Waals surface area contributed by atoms with Gasteiger partial charge in [-0.25, -0.2) is 4.79 Å². The Labute approximate surface area is 157 Å². The Morgan fingerprint density at radius 1 is 1.04 bits per heavy atom. The summed E-state index contributed by atoms with van der Waals surface area (Å²) in [5.74, 6) is -2.48. The molecule has 9 nitrogen and oxygen atoms in total. The number of carboxylic acids is 1. The van der Waals surface area contributed by atoms with Gasteiger partial charge in [-0.15, -0.1) is 0 Å². The summed E-state index contributed by atoms with van der Waals surface area (Å²) >= 11 is 0. The quantitative estimate of drug-likeness (QED) is 0.314. The van der Waals surface area contributed by atoms with E-state index in [1.165, 1.54) is 12.1 Å². The van der Waals surface area contributed by atoms with Gasteiger partial charge in [0.25, 0.3) is 0 Å².